The Morgan fingerprint density at radius 2 is 2.11 bits per heavy atom. The van der Waals surface area contributed by atoms with Crippen LogP contribution < -0.4 is 20.3 Å². The molecule has 0 unspecified atom stereocenters. The molecule has 2 heterocycles. The quantitative estimate of drug-likeness (QED) is 0.709. The third kappa shape index (κ3) is 3.55. The van der Waals surface area contributed by atoms with Gasteiger partial charge in [-0.05, 0) is 30.7 Å². The van der Waals surface area contributed by atoms with E-state index in [1.54, 1.807) is 29.9 Å². The number of carbonyl (C=O) groups is 1. The maximum atomic E-state index is 12.6. The molecular formula is C21H21N3O4. The first kappa shape index (κ1) is 18.0. The molecule has 1 aliphatic heterocycles. The van der Waals surface area contributed by atoms with Crippen molar-refractivity contribution in [3.8, 4) is 11.5 Å². The van der Waals surface area contributed by atoms with Gasteiger partial charge in [-0.15, -0.1) is 0 Å². The van der Waals surface area contributed by atoms with Gasteiger partial charge < -0.3 is 14.8 Å². The predicted octanol–water partition coefficient (Wildman–Crippen LogP) is 2.05. The highest BCUT2D eigenvalue weighted by Gasteiger charge is 2.16. The molecule has 3 aromatic rings. The van der Waals surface area contributed by atoms with Gasteiger partial charge in [0.1, 0.15) is 17.3 Å². The number of para-hydroxylation sites is 1. The molecule has 0 spiro atoms. The fraction of sp³-hybridized carbons (Fsp3) is 0.286. The smallest absolute Gasteiger partial charge is 0.261 e. The van der Waals surface area contributed by atoms with Gasteiger partial charge in [0, 0.05) is 25.1 Å². The molecule has 2 aromatic carbocycles. The summed E-state index contributed by atoms with van der Waals surface area (Å²) in [4.78, 5) is 29.3. The summed E-state index contributed by atoms with van der Waals surface area (Å²) >= 11 is 0. The molecule has 0 aliphatic carbocycles. The molecule has 4 rings (SSSR count). The highest BCUT2D eigenvalue weighted by atomic mass is 16.5. The topological polar surface area (TPSA) is 82.4 Å². The highest BCUT2D eigenvalue weighted by Crippen LogP contribution is 2.20. The Kier molecular flexibility index (Phi) is 4.97. The first-order chi connectivity index (χ1) is 13.7. The van der Waals surface area contributed by atoms with Crippen molar-refractivity contribution in [2.45, 2.75) is 25.9 Å². The van der Waals surface area contributed by atoms with Crippen LogP contribution in [0.4, 0.5) is 0 Å². The molecule has 28 heavy (non-hydrogen) atoms. The number of fused-ring (bicyclic) bond motifs is 2. The van der Waals surface area contributed by atoms with Gasteiger partial charge in [-0.2, -0.15) is 0 Å². The van der Waals surface area contributed by atoms with Gasteiger partial charge in [-0.1, -0.05) is 18.2 Å². The number of benzene rings is 2. The average molecular weight is 379 g/mol. The Bertz CT molecular complexity index is 1090. The monoisotopic (exact) mass is 379 g/mol. The largest absolute Gasteiger partial charge is 0.496 e. The number of nitrogens with zero attached hydrogens (tertiary/aromatic N) is 2. The van der Waals surface area contributed by atoms with E-state index < -0.39 is 0 Å². The lowest BCUT2D eigenvalue weighted by molar-refractivity contribution is -0.123. The predicted molar refractivity (Wildman–Crippen MR) is 105 cm³/mol. The SMILES string of the molecule is COc1ccccc1CNC(=O)COc1ccc2nc3n(c(=O)c2c1)CCC3. The molecule has 0 bridgehead atoms. The minimum Gasteiger partial charge on any atom is -0.496 e. The Morgan fingerprint density at radius 1 is 1.25 bits per heavy atom. The van der Waals surface area contributed by atoms with Gasteiger partial charge in [-0.25, -0.2) is 4.98 Å². The Morgan fingerprint density at radius 3 is 2.96 bits per heavy atom. The Labute approximate surface area is 161 Å². The van der Waals surface area contributed by atoms with Crippen LogP contribution in [0.15, 0.2) is 47.3 Å². The number of aromatic nitrogens is 2. The van der Waals surface area contributed by atoms with Crippen LogP contribution >= 0.6 is 0 Å². The van der Waals surface area contributed by atoms with E-state index in [9.17, 15) is 9.59 Å². The molecule has 0 fully saturated rings. The Hall–Kier alpha value is -3.35. The summed E-state index contributed by atoms with van der Waals surface area (Å²) < 4.78 is 12.6. The first-order valence-corrected chi connectivity index (χ1v) is 9.20. The zero-order chi connectivity index (χ0) is 19.5. The first-order valence-electron chi connectivity index (χ1n) is 9.20. The molecule has 0 atom stereocenters. The van der Waals surface area contributed by atoms with Gasteiger partial charge in [0.25, 0.3) is 11.5 Å². The number of methoxy groups -OCH3 is 1. The molecule has 0 saturated heterocycles. The van der Waals surface area contributed by atoms with Gasteiger partial charge in [0.2, 0.25) is 0 Å². The number of rotatable bonds is 6. The maximum absolute atomic E-state index is 12.6. The van der Waals surface area contributed by atoms with Crippen molar-refractivity contribution in [3.05, 3.63) is 64.2 Å². The summed E-state index contributed by atoms with van der Waals surface area (Å²) in [5.41, 5.74) is 1.49. The summed E-state index contributed by atoms with van der Waals surface area (Å²) in [7, 11) is 1.59. The summed E-state index contributed by atoms with van der Waals surface area (Å²) in [5, 5.41) is 3.32. The van der Waals surface area contributed by atoms with Crippen molar-refractivity contribution in [2.75, 3.05) is 13.7 Å². The van der Waals surface area contributed by atoms with Crippen molar-refractivity contribution >= 4 is 16.8 Å². The number of ether oxygens (including phenoxy) is 2. The number of aryl methyl sites for hydroxylation is 1. The van der Waals surface area contributed by atoms with Crippen LogP contribution in [0, 0.1) is 0 Å². The van der Waals surface area contributed by atoms with Crippen LogP contribution in [-0.2, 0) is 24.3 Å². The fourth-order valence-corrected chi connectivity index (χ4v) is 3.40. The lowest BCUT2D eigenvalue weighted by atomic mass is 10.2. The fourth-order valence-electron chi connectivity index (χ4n) is 3.40. The van der Waals surface area contributed by atoms with E-state index in [0.29, 0.717) is 29.7 Å². The van der Waals surface area contributed by atoms with Crippen molar-refractivity contribution in [2.24, 2.45) is 0 Å². The number of hydrogen-bond donors (Lipinski definition) is 1. The maximum Gasteiger partial charge on any atom is 0.261 e. The molecule has 7 heteroatoms. The molecule has 7 nitrogen and oxygen atoms in total. The molecule has 1 aromatic heterocycles. The zero-order valence-corrected chi connectivity index (χ0v) is 15.6. The molecule has 144 valence electrons. The summed E-state index contributed by atoms with van der Waals surface area (Å²) in [6, 6.07) is 12.6. The van der Waals surface area contributed by atoms with E-state index in [0.717, 1.165) is 30.0 Å². The second-order valence-electron chi connectivity index (χ2n) is 6.64. The van der Waals surface area contributed by atoms with Crippen LogP contribution in [0.2, 0.25) is 0 Å². The van der Waals surface area contributed by atoms with Gasteiger partial charge >= 0.3 is 0 Å². The lowest BCUT2D eigenvalue weighted by Crippen LogP contribution is -2.28. The Balaban J connectivity index is 1.41. The summed E-state index contributed by atoms with van der Waals surface area (Å²) in [6.45, 7) is 0.912. The second kappa shape index (κ2) is 7.72. The minimum atomic E-state index is -0.255. The van der Waals surface area contributed by atoms with Gasteiger partial charge in [0.15, 0.2) is 6.61 Å². The highest BCUT2D eigenvalue weighted by molar-refractivity contribution is 5.80. The summed E-state index contributed by atoms with van der Waals surface area (Å²) in [5.74, 6) is 1.77. The van der Waals surface area contributed by atoms with Gasteiger partial charge in [-0.3, -0.25) is 14.2 Å². The van der Waals surface area contributed by atoms with E-state index in [4.69, 9.17) is 9.47 Å². The third-order valence-electron chi connectivity index (χ3n) is 4.83. The minimum absolute atomic E-state index is 0.0522. The molecule has 1 aliphatic rings. The van der Waals surface area contributed by atoms with Crippen molar-refractivity contribution < 1.29 is 14.3 Å². The van der Waals surface area contributed by atoms with Crippen LogP contribution in [-0.4, -0.2) is 29.2 Å². The van der Waals surface area contributed by atoms with E-state index in [1.807, 2.05) is 24.3 Å². The normalized spacial score (nSPS) is 12.6. The molecule has 1 amide bonds. The van der Waals surface area contributed by atoms with E-state index in [-0.39, 0.29) is 18.1 Å². The van der Waals surface area contributed by atoms with Crippen LogP contribution in [0.1, 0.15) is 17.8 Å². The number of carbonyl (C=O) groups excluding carboxylic acids is 1. The zero-order valence-electron chi connectivity index (χ0n) is 15.6. The number of hydrogen-bond acceptors (Lipinski definition) is 5. The summed E-state index contributed by atoms with van der Waals surface area (Å²) in [6.07, 6.45) is 1.77. The number of nitrogens with one attached hydrogen (secondary N) is 1. The van der Waals surface area contributed by atoms with Crippen LogP contribution in [0.25, 0.3) is 10.9 Å². The standard InChI is InChI=1S/C21H21N3O4/c1-27-18-6-3-2-5-14(18)12-22-20(25)13-28-15-8-9-17-16(11-15)21(26)24-10-4-7-19(24)23-17/h2-3,5-6,8-9,11H,4,7,10,12-13H2,1H3,(H,22,25). The van der Waals surface area contributed by atoms with Gasteiger partial charge in [0.05, 0.1) is 18.0 Å². The molecule has 0 radical (unpaired) electrons. The molecule has 1 N–H and O–H groups in total. The lowest BCUT2D eigenvalue weighted by Gasteiger charge is -2.11. The molecule has 0 saturated carbocycles. The number of amides is 1. The van der Waals surface area contributed by atoms with Crippen molar-refractivity contribution in [1.82, 2.24) is 14.9 Å². The van der Waals surface area contributed by atoms with Crippen molar-refractivity contribution in [1.29, 1.82) is 0 Å². The molecular weight excluding hydrogens is 358 g/mol. The van der Waals surface area contributed by atoms with Crippen LogP contribution in [0.3, 0.4) is 0 Å². The van der Waals surface area contributed by atoms with E-state index >= 15 is 0 Å². The third-order valence-corrected chi connectivity index (χ3v) is 4.83. The van der Waals surface area contributed by atoms with E-state index in [1.165, 1.54) is 0 Å². The van der Waals surface area contributed by atoms with E-state index in [2.05, 4.69) is 10.3 Å². The van der Waals surface area contributed by atoms with Crippen molar-refractivity contribution in [3.63, 3.8) is 0 Å². The second-order valence-corrected chi connectivity index (χ2v) is 6.64. The average Bonchev–Trinajstić information content (AvgIpc) is 3.20. The van der Waals surface area contributed by atoms with Crippen LogP contribution in [0.5, 0.6) is 11.5 Å².